The molecule has 11 heteroatoms. The highest BCUT2D eigenvalue weighted by Crippen LogP contribution is 2.12. The Morgan fingerprint density at radius 1 is 1.30 bits per heavy atom. The summed E-state index contributed by atoms with van der Waals surface area (Å²) >= 11 is 5.68. The third kappa shape index (κ3) is 3.03. The summed E-state index contributed by atoms with van der Waals surface area (Å²) in [4.78, 5) is 33.0. The van der Waals surface area contributed by atoms with Gasteiger partial charge in [0.15, 0.2) is 4.90 Å². The van der Waals surface area contributed by atoms with Gasteiger partial charge in [-0.25, -0.2) is 27.9 Å². The highest BCUT2D eigenvalue weighted by Gasteiger charge is 2.20. The standard InChI is InChI=1S/C9H8ClN5O4S/c1-4-2-6(10)13-8(12-4)15-20(18,19)5-3-11-9(17)14-7(5)16/h2-3H,1H3,(H,12,13,15)(H2,11,14,16,17). The molecule has 3 N–H and O–H groups in total. The molecular weight excluding hydrogens is 310 g/mol. The first-order chi connectivity index (χ1) is 9.28. The molecule has 0 saturated heterocycles. The lowest BCUT2D eigenvalue weighted by Gasteiger charge is -2.06. The molecule has 9 nitrogen and oxygen atoms in total. The van der Waals surface area contributed by atoms with Crippen molar-refractivity contribution in [2.24, 2.45) is 0 Å². The Kier molecular flexibility index (Phi) is 3.59. The maximum absolute atomic E-state index is 12.0. The first kappa shape index (κ1) is 14.2. The molecule has 0 atom stereocenters. The second-order valence-corrected chi connectivity index (χ2v) is 5.74. The predicted octanol–water partition coefficient (Wildman–Crippen LogP) is -0.384. The minimum Gasteiger partial charge on any atom is -0.313 e. The van der Waals surface area contributed by atoms with E-state index in [2.05, 4.69) is 15.0 Å². The molecule has 0 aliphatic rings. The van der Waals surface area contributed by atoms with E-state index in [1.54, 1.807) is 11.9 Å². The largest absolute Gasteiger partial charge is 0.325 e. The van der Waals surface area contributed by atoms with E-state index >= 15 is 0 Å². The molecular formula is C9H8ClN5O4S. The van der Waals surface area contributed by atoms with Crippen LogP contribution >= 0.6 is 11.6 Å². The summed E-state index contributed by atoms with van der Waals surface area (Å²) in [5.74, 6) is -0.277. The van der Waals surface area contributed by atoms with E-state index in [0.717, 1.165) is 6.20 Å². The van der Waals surface area contributed by atoms with Crippen molar-refractivity contribution in [1.82, 2.24) is 19.9 Å². The summed E-state index contributed by atoms with van der Waals surface area (Å²) in [5, 5.41) is 0.0468. The molecule has 2 aromatic heterocycles. The van der Waals surface area contributed by atoms with Gasteiger partial charge in [0, 0.05) is 11.9 Å². The number of nitrogens with zero attached hydrogens (tertiary/aromatic N) is 2. The molecule has 0 saturated carbocycles. The zero-order valence-electron chi connectivity index (χ0n) is 9.97. The Morgan fingerprint density at radius 3 is 2.60 bits per heavy atom. The molecule has 2 heterocycles. The fourth-order valence-corrected chi connectivity index (χ4v) is 2.54. The number of hydrogen-bond acceptors (Lipinski definition) is 6. The molecule has 2 aromatic rings. The second kappa shape index (κ2) is 5.06. The maximum Gasteiger partial charge on any atom is 0.325 e. The van der Waals surface area contributed by atoms with Gasteiger partial charge in [-0.3, -0.25) is 9.78 Å². The van der Waals surface area contributed by atoms with Crippen molar-refractivity contribution < 1.29 is 8.42 Å². The van der Waals surface area contributed by atoms with Gasteiger partial charge in [0.05, 0.1) is 0 Å². The molecule has 0 unspecified atom stereocenters. The molecule has 0 radical (unpaired) electrons. The number of aryl methyl sites for hydroxylation is 1. The van der Waals surface area contributed by atoms with Crippen LogP contribution in [0.25, 0.3) is 0 Å². The number of anilines is 1. The van der Waals surface area contributed by atoms with Gasteiger partial charge >= 0.3 is 5.69 Å². The van der Waals surface area contributed by atoms with Crippen molar-refractivity contribution in [3.05, 3.63) is 43.9 Å². The molecule has 2 rings (SSSR count). The van der Waals surface area contributed by atoms with Crippen LogP contribution in [-0.4, -0.2) is 28.4 Å². The molecule has 0 bridgehead atoms. The predicted molar refractivity (Wildman–Crippen MR) is 70.3 cm³/mol. The Morgan fingerprint density at radius 2 is 2.00 bits per heavy atom. The number of halogens is 1. The summed E-state index contributed by atoms with van der Waals surface area (Å²) in [6.45, 7) is 1.60. The number of sulfonamides is 1. The zero-order valence-corrected chi connectivity index (χ0v) is 11.5. The fraction of sp³-hybridized carbons (Fsp3) is 0.111. The first-order valence-corrected chi connectivity index (χ1v) is 7.00. The lowest BCUT2D eigenvalue weighted by molar-refractivity contribution is 0.598. The maximum atomic E-state index is 12.0. The van der Waals surface area contributed by atoms with Crippen molar-refractivity contribution in [2.45, 2.75) is 11.8 Å². The van der Waals surface area contributed by atoms with Crippen LogP contribution in [-0.2, 0) is 10.0 Å². The average molecular weight is 318 g/mol. The van der Waals surface area contributed by atoms with Crippen LogP contribution in [0.3, 0.4) is 0 Å². The third-order valence-electron chi connectivity index (χ3n) is 2.12. The second-order valence-electron chi connectivity index (χ2n) is 3.70. The van der Waals surface area contributed by atoms with E-state index < -0.39 is 26.2 Å². The summed E-state index contributed by atoms with van der Waals surface area (Å²) < 4.78 is 26.0. The van der Waals surface area contributed by atoms with Gasteiger partial charge in [-0.15, -0.1) is 0 Å². The number of aromatic nitrogens is 4. The first-order valence-electron chi connectivity index (χ1n) is 5.14. The Balaban J connectivity index is 2.46. The van der Waals surface area contributed by atoms with Gasteiger partial charge in [-0.05, 0) is 13.0 Å². The summed E-state index contributed by atoms with van der Waals surface area (Å²) in [7, 11) is -4.24. The van der Waals surface area contributed by atoms with Crippen molar-refractivity contribution in [3.8, 4) is 0 Å². The normalized spacial score (nSPS) is 11.3. The van der Waals surface area contributed by atoms with Crippen molar-refractivity contribution in [3.63, 3.8) is 0 Å². The van der Waals surface area contributed by atoms with Gasteiger partial charge in [0.25, 0.3) is 15.6 Å². The van der Waals surface area contributed by atoms with E-state index in [4.69, 9.17) is 11.6 Å². The van der Waals surface area contributed by atoms with Gasteiger partial charge in [-0.2, -0.15) is 0 Å². The van der Waals surface area contributed by atoms with Crippen LogP contribution in [0.4, 0.5) is 5.95 Å². The molecule has 0 spiro atoms. The lowest BCUT2D eigenvalue weighted by Crippen LogP contribution is -2.29. The van der Waals surface area contributed by atoms with Crippen LogP contribution in [0.5, 0.6) is 0 Å². The lowest BCUT2D eigenvalue weighted by atomic mass is 10.5. The van der Waals surface area contributed by atoms with Crippen LogP contribution in [0.2, 0.25) is 5.15 Å². The third-order valence-corrected chi connectivity index (χ3v) is 3.65. The SMILES string of the molecule is Cc1cc(Cl)nc(NS(=O)(=O)c2c[nH]c(=O)[nH]c2=O)n1. The van der Waals surface area contributed by atoms with Crippen molar-refractivity contribution in [1.29, 1.82) is 0 Å². The molecule has 20 heavy (non-hydrogen) atoms. The summed E-state index contributed by atoms with van der Waals surface area (Å²) in [5.41, 5.74) is -1.43. The van der Waals surface area contributed by atoms with E-state index in [0.29, 0.717) is 5.69 Å². The van der Waals surface area contributed by atoms with Crippen LogP contribution in [0.1, 0.15) is 5.69 Å². The van der Waals surface area contributed by atoms with E-state index in [1.165, 1.54) is 6.07 Å². The minimum absolute atomic E-state index is 0.0468. The van der Waals surface area contributed by atoms with Gasteiger partial charge in [0.2, 0.25) is 5.95 Å². The van der Waals surface area contributed by atoms with Crippen LogP contribution in [0, 0.1) is 6.92 Å². The van der Waals surface area contributed by atoms with Crippen LogP contribution in [0.15, 0.2) is 26.7 Å². The van der Waals surface area contributed by atoms with Gasteiger partial charge in [0.1, 0.15) is 5.15 Å². The van der Waals surface area contributed by atoms with Crippen molar-refractivity contribution >= 4 is 27.6 Å². The topological polar surface area (TPSA) is 138 Å². The highest BCUT2D eigenvalue weighted by atomic mass is 35.5. The monoisotopic (exact) mass is 317 g/mol. The van der Waals surface area contributed by atoms with Gasteiger partial charge < -0.3 is 4.98 Å². The number of H-pyrrole nitrogens is 2. The molecule has 0 fully saturated rings. The number of rotatable bonds is 3. The van der Waals surface area contributed by atoms with E-state index in [1.807, 2.05) is 4.72 Å². The summed E-state index contributed by atoms with van der Waals surface area (Å²) in [6.07, 6.45) is 0.779. The molecule has 0 amide bonds. The van der Waals surface area contributed by atoms with Crippen LogP contribution < -0.4 is 16.0 Å². The fourth-order valence-electron chi connectivity index (χ4n) is 1.35. The van der Waals surface area contributed by atoms with Crippen molar-refractivity contribution in [2.75, 3.05) is 4.72 Å². The summed E-state index contributed by atoms with van der Waals surface area (Å²) in [6, 6.07) is 1.44. The Hall–Kier alpha value is -2.20. The van der Waals surface area contributed by atoms with E-state index in [-0.39, 0.29) is 11.1 Å². The number of hydrogen-bond donors (Lipinski definition) is 3. The Bertz CT molecular complexity index is 852. The zero-order chi connectivity index (χ0) is 14.9. The highest BCUT2D eigenvalue weighted by molar-refractivity contribution is 7.92. The quantitative estimate of drug-likeness (QED) is 0.659. The number of nitrogens with one attached hydrogen (secondary N) is 3. The minimum atomic E-state index is -4.24. The molecule has 0 aliphatic carbocycles. The smallest absolute Gasteiger partial charge is 0.313 e. The average Bonchev–Trinajstić information content (AvgIpc) is 2.25. The molecule has 0 aromatic carbocycles. The Labute approximate surface area is 117 Å². The molecule has 106 valence electrons. The van der Waals surface area contributed by atoms with Gasteiger partial charge in [-0.1, -0.05) is 11.6 Å². The van der Waals surface area contributed by atoms with E-state index in [9.17, 15) is 18.0 Å². The molecule has 0 aliphatic heterocycles. The number of aromatic amines is 2.